The molecule has 2 N–H and O–H groups in total. The number of nitrogens with zero attached hydrogens (tertiary/aromatic N) is 1. The van der Waals surface area contributed by atoms with Gasteiger partial charge in [-0.1, -0.05) is 42.5 Å². The van der Waals surface area contributed by atoms with Crippen molar-refractivity contribution >= 4 is 11.9 Å². The third-order valence-corrected chi connectivity index (χ3v) is 5.35. The summed E-state index contributed by atoms with van der Waals surface area (Å²) in [6, 6.07) is 15.6. The van der Waals surface area contributed by atoms with E-state index in [1.807, 2.05) is 36.4 Å². The molecular weight excluding hydrogens is 368 g/mol. The maximum absolute atomic E-state index is 12.9. The molecule has 0 amide bonds. The number of carbonyl (C=O) groups excluding carboxylic acids is 1. The minimum Gasteiger partial charge on any atom is -0.478 e. The number of hydrogen-bond acceptors (Lipinski definition) is 5. The smallest absolute Gasteiger partial charge is 0.335 e. The van der Waals surface area contributed by atoms with Crippen LogP contribution in [0.2, 0.25) is 0 Å². The molecule has 0 aromatic heterocycles. The number of rotatable bonds is 8. The quantitative estimate of drug-likeness (QED) is 0.668. The standard InChI is InChI=1S/C23H28N2O4/c1-25-12-10-17(11-13-25)16-29-23(28)21(19-7-3-2-4-8-19)24-15-18-6-5-9-20(14-18)22(26)27/h2-9,14,17,21,24H,10-13,15-16H2,1H3,(H,26,27). The Kier molecular flexibility index (Phi) is 7.38. The predicted molar refractivity (Wildman–Crippen MR) is 111 cm³/mol. The number of carbonyl (C=O) groups is 2. The molecule has 29 heavy (non-hydrogen) atoms. The first-order chi connectivity index (χ1) is 14.0. The van der Waals surface area contributed by atoms with Crippen molar-refractivity contribution in [1.82, 2.24) is 10.2 Å². The Morgan fingerprint density at radius 3 is 2.55 bits per heavy atom. The fraction of sp³-hybridized carbons (Fsp3) is 0.391. The van der Waals surface area contributed by atoms with E-state index < -0.39 is 12.0 Å². The Labute approximate surface area is 171 Å². The average molecular weight is 396 g/mol. The maximum Gasteiger partial charge on any atom is 0.335 e. The van der Waals surface area contributed by atoms with E-state index in [0.717, 1.165) is 37.1 Å². The summed E-state index contributed by atoms with van der Waals surface area (Å²) in [5.41, 5.74) is 1.86. The molecular formula is C23H28N2O4. The Balaban J connectivity index is 1.64. The molecule has 0 aliphatic carbocycles. The van der Waals surface area contributed by atoms with E-state index in [4.69, 9.17) is 9.84 Å². The van der Waals surface area contributed by atoms with E-state index in [2.05, 4.69) is 17.3 Å². The van der Waals surface area contributed by atoms with E-state index in [-0.39, 0.29) is 11.5 Å². The van der Waals surface area contributed by atoms with E-state index in [1.165, 1.54) is 0 Å². The SMILES string of the molecule is CN1CCC(COC(=O)C(NCc2cccc(C(=O)O)c2)c2ccccc2)CC1. The van der Waals surface area contributed by atoms with Crippen molar-refractivity contribution in [3.8, 4) is 0 Å². The van der Waals surface area contributed by atoms with Gasteiger partial charge in [0.1, 0.15) is 6.04 Å². The van der Waals surface area contributed by atoms with Crippen LogP contribution in [0.3, 0.4) is 0 Å². The summed E-state index contributed by atoms with van der Waals surface area (Å²) in [5, 5.41) is 12.4. The highest BCUT2D eigenvalue weighted by molar-refractivity contribution is 5.87. The third-order valence-electron chi connectivity index (χ3n) is 5.35. The van der Waals surface area contributed by atoms with Crippen molar-refractivity contribution in [3.63, 3.8) is 0 Å². The summed E-state index contributed by atoms with van der Waals surface area (Å²) in [7, 11) is 2.11. The fourth-order valence-electron chi connectivity index (χ4n) is 3.53. The number of esters is 1. The lowest BCUT2D eigenvalue weighted by Gasteiger charge is -2.29. The molecule has 1 aliphatic rings. The van der Waals surface area contributed by atoms with Crippen LogP contribution in [0.25, 0.3) is 0 Å². The fourth-order valence-corrected chi connectivity index (χ4v) is 3.53. The molecule has 2 aromatic carbocycles. The molecule has 6 heteroatoms. The normalized spacial score (nSPS) is 16.3. The molecule has 154 valence electrons. The zero-order valence-corrected chi connectivity index (χ0v) is 16.7. The molecule has 3 rings (SSSR count). The molecule has 0 bridgehead atoms. The molecule has 6 nitrogen and oxygen atoms in total. The molecule has 1 heterocycles. The van der Waals surface area contributed by atoms with Crippen molar-refractivity contribution in [2.75, 3.05) is 26.7 Å². The number of carboxylic acid groups (broad SMARTS) is 1. The highest BCUT2D eigenvalue weighted by Crippen LogP contribution is 2.20. The highest BCUT2D eigenvalue weighted by atomic mass is 16.5. The zero-order chi connectivity index (χ0) is 20.6. The number of hydrogen-bond donors (Lipinski definition) is 2. The Morgan fingerprint density at radius 1 is 1.14 bits per heavy atom. The van der Waals surface area contributed by atoms with Crippen LogP contribution >= 0.6 is 0 Å². The second-order valence-electron chi connectivity index (χ2n) is 7.61. The number of ether oxygens (including phenoxy) is 1. The summed E-state index contributed by atoms with van der Waals surface area (Å²) < 4.78 is 5.67. The van der Waals surface area contributed by atoms with Gasteiger partial charge in [0.2, 0.25) is 0 Å². The van der Waals surface area contributed by atoms with Crippen molar-refractivity contribution in [3.05, 3.63) is 71.3 Å². The van der Waals surface area contributed by atoms with Crippen LogP contribution in [-0.4, -0.2) is 48.7 Å². The molecule has 2 aromatic rings. The van der Waals surface area contributed by atoms with Gasteiger partial charge in [0, 0.05) is 6.54 Å². The van der Waals surface area contributed by atoms with E-state index in [1.54, 1.807) is 18.2 Å². The van der Waals surface area contributed by atoms with Crippen LogP contribution in [0.4, 0.5) is 0 Å². The minimum atomic E-state index is -0.969. The van der Waals surface area contributed by atoms with Gasteiger partial charge in [0.25, 0.3) is 0 Å². The lowest BCUT2D eigenvalue weighted by Crippen LogP contribution is -2.34. The average Bonchev–Trinajstić information content (AvgIpc) is 2.74. The van der Waals surface area contributed by atoms with Gasteiger partial charge in [0.15, 0.2) is 0 Å². The zero-order valence-electron chi connectivity index (χ0n) is 16.7. The van der Waals surface area contributed by atoms with Crippen molar-refractivity contribution in [2.45, 2.75) is 25.4 Å². The van der Waals surface area contributed by atoms with Crippen LogP contribution < -0.4 is 5.32 Å². The van der Waals surface area contributed by atoms with Crippen molar-refractivity contribution in [1.29, 1.82) is 0 Å². The van der Waals surface area contributed by atoms with Gasteiger partial charge in [-0.05, 0) is 62.2 Å². The number of likely N-dealkylation sites (tertiary alicyclic amines) is 1. The van der Waals surface area contributed by atoms with Gasteiger partial charge in [-0.3, -0.25) is 5.32 Å². The van der Waals surface area contributed by atoms with Crippen LogP contribution in [0.15, 0.2) is 54.6 Å². The summed E-state index contributed by atoms with van der Waals surface area (Å²) in [6.45, 7) is 2.86. The first kappa shape index (κ1) is 21.0. The first-order valence-electron chi connectivity index (χ1n) is 9.98. The van der Waals surface area contributed by atoms with Gasteiger partial charge in [-0.15, -0.1) is 0 Å². The van der Waals surface area contributed by atoms with Gasteiger partial charge in [0.05, 0.1) is 12.2 Å². The van der Waals surface area contributed by atoms with Gasteiger partial charge >= 0.3 is 11.9 Å². The van der Waals surface area contributed by atoms with Crippen LogP contribution in [0, 0.1) is 5.92 Å². The second kappa shape index (κ2) is 10.2. The number of benzene rings is 2. The monoisotopic (exact) mass is 396 g/mol. The highest BCUT2D eigenvalue weighted by Gasteiger charge is 2.24. The van der Waals surface area contributed by atoms with E-state index in [0.29, 0.717) is 19.1 Å². The number of piperidine rings is 1. The largest absolute Gasteiger partial charge is 0.478 e. The van der Waals surface area contributed by atoms with Crippen molar-refractivity contribution in [2.24, 2.45) is 5.92 Å². The summed E-state index contributed by atoms with van der Waals surface area (Å²) >= 11 is 0. The summed E-state index contributed by atoms with van der Waals surface area (Å²) in [6.07, 6.45) is 2.07. The topological polar surface area (TPSA) is 78.9 Å². The minimum absolute atomic E-state index is 0.227. The molecule has 1 saturated heterocycles. The summed E-state index contributed by atoms with van der Waals surface area (Å²) in [4.78, 5) is 26.3. The molecule has 1 atom stereocenters. The molecule has 0 radical (unpaired) electrons. The molecule has 1 aliphatic heterocycles. The Bertz CT molecular complexity index is 817. The Hall–Kier alpha value is -2.70. The van der Waals surface area contributed by atoms with Crippen LogP contribution in [-0.2, 0) is 16.1 Å². The molecule has 1 unspecified atom stereocenters. The summed E-state index contributed by atoms with van der Waals surface area (Å²) in [5.74, 6) is -0.868. The lowest BCUT2D eigenvalue weighted by atomic mass is 9.98. The van der Waals surface area contributed by atoms with Crippen LogP contribution in [0.5, 0.6) is 0 Å². The lowest BCUT2D eigenvalue weighted by molar-refractivity contribution is -0.148. The number of aromatic carboxylic acids is 1. The third kappa shape index (κ3) is 6.14. The van der Waals surface area contributed by atoms with Gasteiger partial charge < -0.3 is 14.7 Å². The Morgan fingerprint density at radius 2 is 1.86 bits per heavy atom. The second-order valence-corrected chi connectivity index (χ2v) is 7.61. The number of carboxylic acids is 1. The first-order valence-corrected chi connectivity index (χ1v) is 9.98. The van der Waals surface area contributed by atoms with Gasteiger partial charge in [-0.2, -0.15) is 0 Å². The maximum atomic E-state index is 12.9. The molecule has 0 spiro atoms. The van der Waals surface area contributed by atoms with Crippen LogP contribution in [0.1, 0.15) is 40.4 Å². The van der Waals surface area contributed by atoms with Gasteiger partial charge in [-0.25, -0.2) is 9.59 Å². The van der Waals surface area contributed by atoms with Crippen molar-refractivity contribution < 1.29 is 19.4 Å². The van der Waals surface area contributed by atoms with E-state index >= 15 is 0 Å². The van der Waals surface area contributed by atoms with E-state index in [9.17, 15) is 9.59 Å². The molecule has 1 fully saturated rings. The predicted octanol–water partition coefficient (Wildman–Crippen LogP) is 3.10. The molecule has 0 saturated carbocycles. The number of nitrogens with one attached hydrogen (secondary N) is 1.